The first-order chi connectivity index (χ1) is 5.61. The summed E-state index contributed by atoms with van der Waals surface area (Å²) in [5, 5.41) is -2.20. The number of fused-ring (bicyclic) bond motifs is 1. The van der Waals surface area contributed by atoms with E-state index >= 15 is 0 Å². The van der Waals surface area contributed by atoms with Crippen molar-refractivity contribution in [2.45, 2.75) is 11.5 Å². The van der Waals surface area contributed by atoms with Crippen molar-refractivity contribution in [3.8, 4) is 0 Å². The number of carbonyl (C=O) groups is 1. The zero-order valence-electron chi connectivity index (χ0n) is 6.18. The molecule has 0 saturated heterocycles. The second kappa shape index (κ2) is 2.30. The molecule has 0 radical (unpaired) electrons. The molecule has 1 aliphatic rings. The van der Waals surface area contributed by atoms with E-state index in [1.165, 1.54) is 0 Å². The minimum atomic E-state index is -2.20. The predicted molar refractivity (Wildman–Crippen MR) is 44.2 cm³/mol. The molecule has 1 aliphatic carbocycles. The molecule has 12 heavy (non-hydrogen) atoms. The Hall–Kier alpha value is -0.890. The fourth-order valence-electron chi connectivity index (χ4n) is 1.41. The molecule has 0 aromatic heterocycles. The van der Waals surface area contributed by atoms with E-state index in [2.05, 4.69) is 0 Å². The Morgan fingerprint density at radius 3 is 2.75 bits per heavy atom. The first-order valence-corrected chi connectivity index (χ1v) is 3.99. The van der Waals surface area contributed by atoms with Crippen LogP contribution in [0.1, 0.15) is 15.9 Å². The average Bonchev–Trinajstić information content (AvgIpc) is 2.24. The minimum absolute atomic E-state index is 0.0104. The number of carbonyl (C=O) groups excluding carboxylic acids is 1. The van der Waals surface area contributed by atoms with Crippen LogP contribution >= 0.6 is 11.6 Å². The van der Waals surface area contributed by atoms with Gasteiger partial charge in [-0.3, -0.25) is 4.79 Å². The lowest BCUT2D eigenvalue weighted by molar-refractivity contribution is 0.0855. The third kappa shape index (κ3) is 0.950. The lowest BCUT2D eigenvalue weighted by atomic mass is 10.1. The Morgan fingerprint density at radius 1 is 1.42 bits per heavy atom. The molecule has 0 N–H and O–H groups in total. The van der Waals surface area contributed by atoms with Gasteiger partial charge < -0.3 is 0 Å². The summed E-state index contributed by atoms with van der Waals surface area (Å²) >= 11 is 5.37. The average molecular weight is 185 g/mol. The largest absolute Gasteiger partial charge is 0.289 e. The Labute approximate surface area is 74.2 Å². The summed E-state index contributed by atoms with van der Waals surface area (Å²) < 4.78 is 13.2. The smallest absolute Gasteiger partial charge is 0.249 e. The molecule has 0 aliphatic heterocycles. The van der Waals surface area contributed by atoms with Gasteiger partial charge in [-0.1, -0.05) is 35.9 Å². The Balaban J connectivity index is 2.57. The quantitative estimate of drug-likeness (QED) is 0.566. The summed E-state index contributed by atoms with van der Waals surface area (Å²) in [6.07, 6.45) is -0.0104. The summed E-state index contributed by atoms with van der Waals surface area (Å²) in [5.41, 5.74) is 1.11. The van der Waals surface area contributed by atoms with Gasteiger partial charge in [0.05, 0.1) is 0 Å². The monoisotopic (exact) mass is 184 g/mol. The van der Waals surface area contributed by atoms with Crippen LogP contribution in [0.2, 0.25) is 0 Å². The van der Waals surface area contributed by atoms with E-state index in [1.807, 2.05) is 0 Å². The molecule has 1 atom stereocenters. The summed E-state index contributed by atoms with van der Waals surface area (Å²) in [4.78, 5) is 11.2. The van der Waals surface area contributed by atoms with Gasteiger partial charge in [-0.15, -0.1) is 0 Å². The van der Waals surface area contributed by atoms with Gasteiger partial charge in [0.25, 0.3) is 0 Å². The Kier molecular flexibility index (Phi) is 1.48. The zero-order chi connectivity index (χ0) is 8.77. The van der Waals surface area contributed by atoms with Crippen molar-refractivity contribution in [2.75, 3.05) is 0 Å². The Bertz CT molecular complexity index is 346. The van der Waals surface area contributed by atoms with Gasteiger partial charge >= 0.3 is 0 Å². The molecule has 1 aromatic carbocycles. The maximum atomic E-state index is 13.2. The fourth-order valence-corrected chi connectivity index (χ4v) is 1.66. The Morgan fingerprint density at radius 2 is 2.08 bits per heavy atom. The van der Waals surface area contributed by atoms with Gasteiger partial charge in [0.1, 0.15) is 0 Å². The van der Waals surface area contributed by atoms with Gasteiger partial charge in [-0.2, -0.15) is 0 Å². The highest BCUT2D eigenvalue weighted by atomic mass is 35.5. The molecular weight excluding hydrogens is 179 g/mol. The molecule has 0 fully saturated rings. The van der Waals surface area contributed by atoms with E-state index in [0.717, 1.165) is 0 Å². The van der Waals surface area contributed by atoms with Crippen molar-refractivity contribution >= 4 is 17.4 Å². The summed E-state index contributed by atoms with van der Waals surface area (Å²) in [5.74, 6) is -0.611. The molecule has 3 heteroatoms. The number of alkyl halides is 2. The highest BCUT2D eigenvalue weighted by Gasteiger charge is 2.44. The van der Waals surface area contributed by atoms with Crippen LogP contribution in [-0.4, -0.2) is 10.9 Å². The lowest BCUT2D eigenvalue weighted by Gasteiger charge is -2.04. The molecule has 1 aromatic rings. The van der Waals surface area contributed by atoms with Crippen molar-refractivity contribution in [1.29, 1.82) is 0 Å². The van der Waals surface area contributed by atoms with E-state index in [4.69, 9.17) is 11.6 Å². The highest BCUT2D eigenvalue weighted by Crippen LogP contribution is 2.35. The van der Waals surface area contributed by atoms with Gasteiger partial charge in [0.2, 0.25) is 10.9 Å². The van der Waals surface area contributed by atoms with Gasteiger partial charge in [0, 0.05) is 12.0 Å². The van der Waals surface area contributed by atoms with E-state index in [1.54, 1.807) is 24.3 Å². The second-order valence-corrected chi connectivity index (χ2v) is 3.47. The SMILES string of the molecule is O=C1c2ccccc2CC1(F)Cl. The van der Waals surface area contributed by atoms with Crippen molar-refractivity contribution in [3.05, 3.63) is 35.4 Å². The maximum absolute atomic E-state index is 13.2. The van der Waals surface area contributed by atoms with Crippen LogP contribution in [0, 0.1) is 0 Å². The number of ketones is 1. The number of rotatable bonds is 0. The summed E-state index contributed by atoms with van der Waals surface area (Å²) in [6.45, 7) is 0. The van der Waals surface area contributed by atoms with Crippen LogP contribution in [0.4, 0.5) is 4.39 Å². The second-order valence-electron chi connectivity index (χ2n) is 2.87. The minimum Gasteiger partial charge on any atom is -0.289 e. The topological polar surface area (TPSA) is 17.1 Å². The number of halogens is 2. The molecule has 0 heterocycles. The number of hydrogen-bond acceptors (Lipinski definition) is 1. The van der Waals surface area contributed by atoms with Gasteiger partial charge in [0.15, 0.2) is 0 Å². The summed E-state index contributed by atoms with van der Waals surface area (Å²) in [7, 11) is 0. The third-order valence-corrected chi connectivity index (χ3v) is 2.31. The van der Waals surface area contributed by atoms with E-state index in [-0.39, 0.29) is 6.42 Å². The van der Waals surface area contributed by atoms with Crippen LogP contribution in [0.3, 0.4) is 0 Å². The molecule has 0 amide bonds. The first-order valence-electron chi connectivity index (χ1n) is 3.62. The maximum Gasteiger partial charge on any atom is 0.249 e. The van der Waals surface area contributed by atoms with Crippen LogP contribution in [0.15, 0.2) is 24.3 Å². The van der Waals surface area contributed by atoms with Crippen LogP contribution in [-0.2, 0) is 6.42 Å². The first kappa shape index (κ1) is 7.74. The molecule has 0 spiro atoms. The molecule has 0 bridgehead atoms. The predicted octanol–water partition coefficient (Wildman–Crippen LogP) is 2.33. The highest BCUT2D eigenvalue weighted by molar-refractivity contribution is 6.38. The van der Waals surface area contributed by atoms with Crippen LogP contribution in [0.25, 0.3) is 0 Å². The standard InChI is InChI=1S/C9H6ClFO/c10-9(11)5-6-3-1-2-4-7(6)8(9)12/h1-4H,5H2. The number of Topliss-reactive ketones (excluding diaryl/α,β-unsaturated/α-hetero) is 1. The van der Waals surface area contributed by atoms with E-state index < -0.39 is 10.9 Å². The number of benzene rings is 1. The molecule has 62 valence electrons. The van der Waals surface area contributed by atoms with Crippen LogP contribution in [0.5, 0.6) is 0 Å². The van der Waals surface area contributed by atoms with E-state index in [0.29, 0.717) is 11.1 Å². The van der Waals surface area contributed by atoms with Crippen LogP contribution < -0.4 is 0 Å². The third-order valence-electron chi connectivity index (χ3n) is 2.01. The lowest BCUT2D eigenvalue weighted by Crippen LogP contribution is -2.22. The number of hydrogen-bond donors (Lipinski definition) is 0. The van der Waals surface area contributed by atoms with Crippen molar-refractivity contribution < 1.29 is 9.18 Å². The van der Waals surface area contributed by atoms with E-state index in [9.17, 15) is 9.18 Å². The van der Waals surface area contributed by atoms with Gasteiger partial charge in [-0.05, 0) is 5.56 Å². The molecule has 1 nitrogen and oxygen atoms in total. The summed E-state index contributed by atoms with van der Waals surface area (Å²) in [6, 6.07) is 6.79. The molecule has 1 unspecified atom stereocenters. The zero-order valence-corrected chi connectivity index (χ0v) is 6.94. The normalized spacial score (nSPS) is 27.3. The van der Waals surface area contributed by atoms with Gasteiger partial charge in [-0.25, -0.2) is 4.39 Å². The van der Waals surface area contributed by atoms with Crippen molar-refractivity contribution in [3.63, 3.8) is 0 Å². The van der Waals surface area contributed by atoms with Crippen molar-refractivity contribution in [2.24, 2.45) is 0 Å². The molecule has 2 rings (SSSR count). The molecule has 0 saturated carbocycles. The molecular formula is C9H6ClFO. The fraction of sp³-hybridized carbons (Fsp3) is 0.222. The van der Waals surface area contributed by atoms with Crippen molar-refractivity contribution in [1.82, 2.24) is 0 Å².